The molecule has 19 heavy (non-hydrogen) atoms. The summed E-state index contributed by atoms with van der Waals surface area (Å²) in [6.07, 6.45) is 0.258. The number of nitrogens with one attached hydrogen (secondary N) is 1. The molecule has 0 aliphatic rings. The minimum atomic E-state index is -0.472. The number of hydrogen-bond acceptors (Lipinski definition) is 4. The number of aliphatic hydroxyl groups is 1. The quantitative estimate of drug-likeness (QED) is 0.794. The lowest BCUT2D eigenvalue weighted by Gasteiger charge is -2.12. The van der Waals surface area contributed by atoms with Crippen LogP contribution >= 0.6 is 0 Å². The van der Waals surface area contributed by atoms with Gasteiger partial charge in [-0.3, -0.25) is 4.79 Å². The van der Waals surface area contributed by atoms with Crippen molar-refractivity contribution in [3.8, 4) is 11.5 Å². The van der Waals surface area contributed by atoms with E-state index in [9.17, 15) is 4.79 Å². The summed E-state index contributed by atoms with van der Waals surface area (Å²) in [6.45, 7) is 4.11. The molecule has 1 aromatic rings. The van der Waals surface area contributed by atoms with Crippen molar-refractivity contribution >= 4 is 11.6 Å². The van der Waals surface area contributed by atoms with E-state index >= 15 is 0 Å². The number of carbonyl (C=O) groups is 1. The fourth-order valence-corrected chi connectivity index (χ4v) is 1.58. The van der Waals surface area contributed by atoms with Crippen LogP contribution in [0.4, 0.5) is 5.69 Å². The molecule has 0 saturated heterocycles. The minimum Gasteiger partial charge on any atom is -0.493 e. The molecule has 1 amide bonds. The van der Waals surface area contributed by atoms with E-state index in [0.29, 0.717) is 30.2 Å². The van der Waals surface area contributed by atoms with Crippen LogP contribution in [0.5, 0.6) is 11.5 Å². The lowest BCUT2D eigenvalue weighted by atomic mass is 10.2. The Morgan fingerprint density at radius 2 is 2.16 bits per heavy atom. The molecule has 1 unspecified atom stereocenters. The Hall–Kier alpha value is -1.75. The molecule has 0 spiro atoms. The molecule has 2 N–H and O–H groups in total. The van der Waals surface area contributed by atoms with Gasteiger partial charge in [-0.15, -0.1) is 0 Å². The van der Waals surface area contributed by atoms with Crippen LogP contribution in [0.25, 0.3) is 0 Å². The molecule has 0 heterocycles. The highest BCUT2D eigenvalue weighted by atomic mass is 16.5. The molecule has 0 radical (unpaired) electrons. The molecule has 1 aromatic carbocycles. The lowest BCUT2D eigenvalue weighted by molar-refractivity contribution is -0.116. The van der Waals surface area contributed by atoms with Gasteiger partial charge in [0.2, 0.25) is 5.91 Å². The molecule has 5 heteroatoms. The summed E-state index contributed by atoms with van der Waals surface area (Å²) >= 11 is 0. The van der Waals surface area contributed by atoms with Gasteiger partial charge in [-0.1, -0.05) is 0 Å². The third-order valence-corrected chi connectivity index (χ3v) is 2.54. The van der Waals surface area contributed by atoms with E-state index < -0.39 is 6.10 Å². The lowest BCUT2D eigenvalue weighted by Crippen LogP contribution is -2.14. The van der Waals surface area contributed by atoms with Crippen molar-refractivity contribution in [2.75, 3.05) is 19.0 Å². The van der Waals surface area contributed by atoms with Gasteiger partial charge in [-0.05, 0) is 32.4 Å². The highest BCUT2D eigenvalue weighted by molar-refractivity contribution is 5.91. The van der Waals surface area contributed by atoms with E-state index in [0.717, 1.165) is 0 Å². The Morgan fingerprint density at radius 1 is 1.42 bits per heavy atom. The molecule has 0 bridgehead atoms. The van der Waals surface area contributed by atoms with Crippen LogP contribution in [0, 0.1) is 0 Å². The van der Waals surface area contributed by atoms with Crippen molar-refractivity contribution < 1.29 is 19.4 Å². The summed E-state index contributed by atoms with van der Waals surface area (Å²) in [5.41, 5.74) is 0.649. The van der Waals surface area contributed by atoms with Crippen LogP contribution in [0.1, 0.15) is 26.7 Å². The Bertz CT molecular complexity index is 418. The van der Waals surface area contributed by atoms with Crippen LogP contribution < -0.4 is 14.8 Å². The Balaban J connectivity index is 2.66. The first-order valence-corrected chi connectivity index (χ1v) is 6.35. The van der Waals surface area contributed by atoms with Gasteiger partial charge in [0.25, 0.3) is 0 Å². The van der Waals surface area contributed by atoms with E-state index in [1.54, 1.807) is 32.2 Å². The number of aliphatic hydroxyl groups excluding tert-OH is 1. The highest BCUT2D eigenvalue weighted by Crippen LogP contribution is 2.30. The first-order chi connectivity index (χ1) is 9.06. The number of anilines is 1. The van der Waals surface area contributed by atoms with Crippen molar-refractivity contribution in [1.29, 1.82) is 0 Å². The molecular formula is C14H21NO4. The first-order valence-electron chi connectivity index (χ1n) is 6.35. The summed E-state index contributed by atoms with van der Waals surface area (Å²) in [7, 11) is 1.55. The van der Waals surface area contributed by atoms with Gasteiger partial charge in [0.1, 0.15) is 0 Å². The molecule has 0 aromatic heterocycles. The second-order valence-corrected chi connectivity index (χ2v) is 4.23. The number of methoxy groups -OCH3 is 1. The number of ether oxygens (including phenoxy) is 2. The van der Waals surface area contributed by atoms with Gasteiger partial charge in [0.15, 0.2) is 11.5 Å². The van der Waals surface area contributed by atoms with Gasteiger partial charge >= 0.3 is 0 Å². The predicted molar refractivity (Wildman–Crippen MR) is 73.7 cm³/mol. The maximum Gasteiger partial charge on any atom is 0.224 e. The predicted octanol–water partition coefficient (Wildman–Crippen LogP) is 2.19. The van der Waals surface area contributed by atoms with Gasteiger partial charge in [0.05, 0.1) is 19.8 Å². The second kappa shape index (κ2) is 7.63. The molecule has 5 nitrogen and oxygen atoms in total. The fraction of sp³-hybridized carbons (Fsp3) is 0.500. The topological polar surface area (TPSA) is 67.8 Å². The van der Waals surface area contributed by atoms with Crippen LogP contribution in [-0.4, -0.2) is 30.8 Å². The third kappa shape index (κ3) is 5.18. The highest BCUT2D eigenvalue weighted by Gasteiger charge is 2.08. The Kier molecular flexibility index (Phi) is 6.15. The zero-order valence-corrected chi connectivity index (χ0v) is 11.6. The zero-order valence-electron chi connectivity index (χ0n) is 11.6. The maximum absolute atomic E-state index is 11.6. The van der Waals surface area contributed by atoms with Gasteiger partial charge in [0, 0.05) is 18.2 Å². The van der Waals surface area contributed by atoms with E-state index in [2.05, 4.69) is 5.32 Å². The van der Waals surface area contributed by atoms with Gasteiger partial charge in [-0.2, -0.15) is 0 Å². The van der Waals surface area contributed by atoms with Crippen LogP contribution in [0.15, 0.2) is 18.2 Å². The van der Waals surface area contributed by atoms with Crippen LogP contribution in [0.3, 0.4) is 0 Å². The Morgan fingerprint density at radius 3 is 2.74 bits per heavy atom. The number of amides is 1. The molecule has 106 valence electrons. The minimum absolute atomic E-state index is 0.132. The van der Waals surface area contributed by atoms with Crippen molar-refractivity contribution in [1.82, 2.24) is 0 Å². The first kappa shape index (κ1) is 15.3. The number of rotatable bonds is 7. The van der Waals surface area contributed by atoms with Crippen molar-refractivity contribution in [2.45, 2.75) is 32.8 Å². The number of benzene rings is 1. The average Bonchev–Trinajstić information content (AvgIpc) is 2.38. The van der Waals surface area contributed by atoms with Crippen LogP contribution in [0.2, 0.25) is 0 Å². The second-order valence-electron chi connectivity index (χ2n) is 4.23. The van der Waals surface area contributed by atoms with E-state index in [1.165, 1.54) is 0 Å². The molecule has 1 atom stereocenters. The Labute approximate surface area is 113 Å². The summed E-state index contributed by atoms with van der Waals surface area (Å²) in [4.78, 5) is 11.6. The number of carbonyl (C=O) groups excluding carboxylic acids is 1. The van der Waals surface area contributed by atoms with E-state index in [4.69, 9.17) is 14.6 Å². The average molecular weight is 267 g/mol. The van der Waals surface area contributed by atoms with Gasteiger partial charge in [-0.25, -0.2) is 0 Å². The van der Waals surface area contributed by atoms with Crippen molar-refractivity contribution in [3.05, 3.63) is 18.2 Å². The maximum atomic E-state index is 11.6. The number of hydrogen-bond donors (Lipinski definition) is 2. The van der Waals surface area contributed by atoms with Crippen molar-refractivity contribution in [3.63, 3.8) is 0 Å². The summed E-state index contributed by atoms with van der Waals surface area (Å²) < 4.78 is 10.6. The monoisotopic (exact) mass is 267 g/mol. The fourth-order valence-electron chi connectivity index (χ4n) is 1.58. The van der Waals surface area contributed by atoms with Gasteiger partial charge < -0.3 is 19.9 Å². The third-order valence-electron chi connectivity index (χ3n) is 2.54. The van der Waals surface area contributed by atoms with Crippen molar-refractivity contribution in [2.24, 2.45) is 0 Å². The summed E-state index contributed by atoms with van der Waals surface area (Å²) in [6, 6.07) is 5.23. The molecule has 0 saturated carbocycles. The molecule has 0 aliphatic heterocycles. The SMILES string of the molecule is CCOc1ccc(NC(=O)CCC(C)O)cc1OC. The summed E-state index contributed by atoms with van der Waals surface area (Å²) in [5, 5.41) is 11.9. The summed E-state index contributed by atoms with van der Waals surface area (Å²) in [5.74, 6) is 1.09. The molecule has 0 aliphatic carbocycles. The molecular weight excluding hydrogens is 246 g/mol. The van der Waals surface area contributed by atoms with E-state index in [-0.39, 0.29) is 12.3 Å². The van der Waals surface area contributed by atoms with Crippen LogP contribution in [-0.2, 0) is 4.79 Å². The van der Waals surface area contributed by atoms with E-state index in [1.807, 2.05) is 6.92 Å². The normalized spacial score (nSPS) is 11.8. The zero-order chi connectivity index (χ0) is 14.3. The molecule has 1 rings (SSSR count). The molecule has 0 fully saturated rings. The standard InChI is InChI=1S/C14H21NO4/c1-4-19-12-7-6-11(9-13(12)18-3)15-14(17)8-5-10(2)16/h6-7,9-10,16H,4-5,8H2,1-3H3,(H,15,17). The largest absolute Gasteiger partial charge is 0.493 e. The smallest absolute Gasteiger partial charge is 0.224 e.